The van der Waals surface area contributed by atoms with Crippen LogP contribution in [0.15, 0.2) is 24.3 Å². The second-order valence-electron chi connectivity index (χ2n) is 5.90. The molecule has 1 amide bonds. The molecule has 0 saturated carbocycles. The highest BCUT2D eigenvalue weighted by molar-refractivity contribution is 5.79. The highest BCUT2D eigenvalue weighted by Crippen LogP contribution is 2.35. The summed E-state index contributed by atoms with van der Waals surface area (Å²) in [4.78, 5) is 14.5. The fourth-order valence-corrected chi connectivity index (χ4v) is 3.34. The molecule has 0 bridgehead atoms. The van der Waals surface area contributed by atoms with Gasteiger partial charge in [0.05, 0.1) is 18.2 Å². The van der Waals surface area contributed by atoms with Crippen molar-refractivity contribution in [3.63, 3.8) is 0 Å². The number of H-pyrrole nitrogens is 1. The number of hydrogen-bond acceptors (Lipinski definition) is 2. The van der Waals surface area contributed by atoms with E-state index in [-0.39, 0.29) is 24.2 Å². The lowest BCUT2D eigenvalue weighted by atomic mass is 10.0. The number of aryl methyl sites for hydroxylation is 2. The number of benzene rings is 1. The summed E-state index contributed by atoms with van der Waals surface area (Å²) in [6.45, 7) is 4.71. The van der Waals surface area contributed by atoms with E-state index in [1.807, 2.05) is 18.7 Å². The first-order valence-electron chi connectivity index (χ1n) is 7.61. The Morgan fingerprint density at radius 2 is 2.27 bits per heavy atom. The fourth-order valence-electron chi connectivity index (χ4n) is 3.34. The van der Waals surface area contributed by atoms with Gasteiger partial charge in [-0.05, 0) is 44.4 Å². The molecule has 1 saturated heterocycles. The molecule has 0 unspecified atom stereocenters. The van der Waals surface area contributed by atoms with Crippen molar-refractivity contribution >= 4 is 5.91 Å². The van der Waals surface area contributed by atoms with Crippen molar-refractivity contribution in [1.82, 2.24) is 15.1 Å². The number of carbonyl (C=O) groups excluding carboxylic acids is 1. The Labute approximate surface area is 129 Å². The van der Waals surface area contributed by atoms with E-state index < -0.39 is 0 Å². The van der Waals surface area contributed by atoms with Crippen LogP contribution in [0.5, 0.6) is 0 Å². The molecule has 2 heterocycles. The lowest BCUT2D eigenvalue weighted by Crippen LogP contribution is -2.32. The molecule has 4 nitrogen and oxygen atoms in total. The minimum Gasteiger partial charge on any atom is -0.335 e. The second kappa shape index (κ2) is 5.91. The summed E-state index contributed by atoms with van der Waals surface area (Å²) in [6.07, 6.45) is 2.18. The maximum absolute atomic E-state index is 13.3. The molecule has 0 aliphatic carbocycles. The van der Waals surface area contributed by atoms with Crippen LogP contribution in [-0.4, -0.2) is 27.5 Å². The molecule has 5 heteroatoms. The third-order valence-corrected chi connectivity index (χ3v) is 4.34. The van der Waals surface area contributed by atoms with Gasteiger partial charge in [-0.3, -0.25) is 9.89 Å². The van der Waals surface area contributed by atoms with Crippen molar-refractivity contribution in [3.05, 3.63) is 52.6 Å². The normalized spacial score (nSPS) is 18.0. The number of nitrogens with one attached hydrogen (secondary N) is 1. The fraction of sp³-hybridized carbons (Fsp3) is 0.412. The van der Waals surface area contributed by atoms with Gasteiger partial charge in [0.15, 0.2) is 0 Å². The molecular weight excluding hydrogens is 281 g/mol. The van der Waals surface area contributed by atoms with Gasteiger partial charge >= 0.3 is 0 Å². The molecule has 3 rings (SSSR count). The van der Waals surface area contributed by atoms with Crippen LogP contribution in [0.2, 0.25) is 0 Å². The smallest absolute Gasteiger partial charge is 0.227 e. The van der Waals surface area contributed by atoms with Crippen molar-refractivity contribution in [1.29, 1.82) is 0 Å². The standard InChI is InChI=1S/C17H20FN3O/c1-11-17(12(2)20-19-11)15-7-4-8-21(15)16(22)10-13-5-3-6-14(18)9-13/h3,5-6,9,15H,4,7-8,10H2,1-2H3,(H,19,20)/t15-/m1/s1. The van der Waals surface area contributed by atoms with Crippen molar-refractivity contribution in [3.8, 4) is 0 Å². The summed E-state index contributed by atoms with van der Waals surface area (Å²) in [5.41, 5.74) is 3.82. The van der Waals surface area contributed by atoms with Gasteiger partial charge in [0.1, 0.15) is 5.82 Å². The van der Waals surface area contributed by atoms with Gasteiger partial charge in [0, 0.05) is 17.8 Å². The summed E-state index contributed by atoms with van der Waals surface area (Å²) in [5, 5.41) is 7.23. The average molecular weight is 301 g/mol. The molecule has 116 valence electrons. The zero-order valence-corrected chi connectivity index (χ0v) is 12.9. The first kappa shape index (κ1) is 14.8. The Hall–Kier alpha value is -2.17. The van der Waals surface area contributed by atoms with Crippen LogP contribution in [0.4, 0.5) is 4.39 Å². The summed E-state index contributed by atoms with van der Waals surface area (Å²) >= 11 is 0. The van der Waals surface area contributed by atoms with Gasteiger partial charge in [-0.25, -0.2) is 4.39 Å². The molecule has 1 fully saturated rings. The maximum atomic E-state index is 13.3. The first-order valence-corrected chi connectivity index (χ1v) is 7.61. The molecule has 0 spiro atoms. The molecule has 22 heavy (non-hydrogen) atoms. The number of amides is 1. The van der Waals surface area contributed by atoms with Crippen molar-refractivity contribution < 1.29 is 9.18 Å². The lowest BCUT2D eigenvalue weighted by Gasteiger charge is -2.25. The van der Waals surface area contributed by atoms with Crippen LogP contribution in [-0.2, 0) is 11.2 Å². The molecule has 1 aromatic heterocycles. The van der Waals surface area contributed by atoms with Crippen LogP contribution in [0.1, 0.15) is 41.4 Å². The van der Waals surface area contributed by atoms with Gasteiger partial charge in [0.25, 0.3) is 0 Å². The number of likely N-dealkylation sites (tertiary alicyclic amines) is 1. The Kier molecular flexibility index (Phi) is 3.96. The van der Waals surface area contributed by atoms with E-state index in [1.54, 1.807) is 12.1 Å². The predicted molar refractivity (Wildman–Crippen MR) is 81.9 cm³/mol. The van der Waals surface area contributed by atoms with Crippen LogP contribution < -0.4 is 0 Å². The van der Waals surface area contributed by atoms with E-state index in [2.05, 4.69) is 10.2 Å². The minimum atomic E-state index is -0.301. The van der Waals surface area contributed by atoms with Crippen molar-refractivity contribution in [2.24, 2.45) is 0 Å². The summed E-state index contributed by atoms with van der Waals surface area (Å²) in [6, 6.07) is 6.34. The predicted octanol–water partition coefficient (Wildman–Crippen LogP) is 3.07. The molecule has 0 radical (unpaired) electrons. The number of aromatic nitrogens is 2. The molecule has 1 aliphatic rings. The minimum absolute atomic E-state index is 0.0492. The van der Waals surface area contributed by atoms with Gasteiger partial charge in [0.2, 0.25) is 5.91 Å². The summed E-state index contributed by atoms with van der Waals surface area (Å²) < 4.78 is 13.3. The second-order valence-corrected chi connectivity index (χ2v) is 5.90. The lowest BCUT2D eigenvalue weighted by molar-refractivity contribution is -0.131. The number of nitrogens with zero attached hydrogens (tertiary/aromatic N) is 2. The van der Waals surface area contributed by atoms with Crippen molar-refractivity contribution in [2.45, 2.75) is 39.2 Å². The van der Waals surface area contributed by atoms with Gasteiger partial charge in [-0.2, -0.15) is 5.10 Å². The van der Waals surface area contributed by atoms with Gasteiger partial charge in [-0.1, -0.05) is 12.1 Å². The number of halogens is 1. The molecule has 1 N–H and O–H groups in total. The van der Waals surface area contributed by atoms with Crippen LogP contribution in [0, 0.1) is 19.7 Å². The number of carbonyl (C=O) groups is 1. The third kappa shape index (κ3) is 2.75. The highest BCUT2D eigenvalue weighted by atomic mass is 19.1. The van der Waals surface area contributed by atoms with E-state index in [4.69, 9.17) is 0 Å². The largest absolute Gasteiger partial charge is 0.335 e. The SMILES string of the molecule is Cc1n[nH]c(C)c1[C@H]1CCCN1C(=O)Cc1cccc(F)c1. The van der Waals surface area contributed by atoms with Crippen LogP contribution >= 0.6 is 0 Å². The molecular formula is C17H20FN3O. The van der Waals surface area contributed by atoms with E-state index in [0.717, 1.165) is 41.9 Å². The van der Waals surface area contributed by atoms with E-state index in [9.17, 15) is 9.18 Å². The van der Waals surface area contributed by atoms with Crippen LogP contribution in [0.3, 0.4) is 0 Å². The molecule has 1 aliphatic heterocycles. The number of rotatable bonds is 3. The van der Waals surface area contributed by atoms with Gasteiger partial charge < -0.3 is 4.90 Å². The maximum Gasteiger partial charge on any atom is 0.227 e. The third-order valence-electron chi connectivity index (χ3n) is 4.34. The van der Waals surface area contributed by atoms with Crippen LogP contribution in [0.25, 0.3) is 0 Å². The molecule has 1 atom stereocenters. The Morgan fingerprint density at radius 1 is 1.45 bits per heavy atom. The molecule has 1 aromatic carbocycles. The topological polar surface area (TPSA) is 49.0 Å². The number of aromatic amines is 1. The Bertz CT molecular complexity index is 675. The van der Waals surface area contributed by atoms with E-state index in [0.29, 0.717) is 0 Å². The quantitative estimate of drug-likeness (QED) is 0.947. The average Bonchev–Trinajstić information content (AvgIpc) is 3.05. The van der Waals surface area contributed by atoms with Crippen molar-refractivity contribution in [2.75, 3.05) is 6.54 Å². The zero-order chi connectivity index (χ0) is 15.7. The van der Waals surface area contributed by atoms with E-state index in [1.165, 1.54) is 12.1 Å². The Balaban J connectivity index is 1.80. The first-order chi connectivity index (χ1) is 10.6. The summed E-state index contributed by atoms with van der Waals surface area (Å²) in [5.74, 6) is -0.252. The summed E-state index contributed by atoms with van der Waals surface area (Å²) in [7, 11) is 0. The zero-order valence-electron chi connectivity index (χ0n) is 12.9. The Morgan fingerprint density at radius 3 is 2.95 bits per heavy atom. The number of hydrogen-bond donors (Lipinski definition) is 1. The highest BCUT2D eigenvalue weighted by Gasteiger charge is 2.32. The monoisotopic (exact) mass is 301 g/mol. The van der Waals surface area contributed by atoms with Gasteiger partial charge in [-0.15, -0.1) is 0 Å². The van der Waals surface area contributed by atoms with E-state index >= 15 is 0 Å². The molecule has 2 aromatic rings.